The Morgan fingerprint density at radius 2 is 1.68 bits per heavy atom. The summed E-state index contributed by atoms with van der Waals surface area (Å²) in [7, 11) is 1.73. The van der Waals surface area contributed by atoms with Crippen LogP contribution in [0.25, 0.3) is 0 Å². The third-order valence-electron chi connectivity index (χ3n) is 3.88. The zero-order valence-corrected chi connectivity index (χ0v) is 14.9. The fraction of sp³-hybridized carbons (Fsp3) is 0.300. The van der Waals surface area contributed by atoms with Crippen LogP contribution in [0.4, 0.5) is 5.69 Å². The maximum Gasteiger partial charge on any atom is 0.340 e. The highest BCUT2D eigenvalue weighted by atomic mass is 16.5. The van der Waals surface area contributed by atoms with Crippen molar-refractivity contribution in [3.05, 3.63) is 65.7 Å². The molecule has 0 spiro atoms. The van der Waals surface area contributed by atoms with Gasteiger partial charge in [-0.25, -0.2) is 4.79 Å². The van der Waals surface area contributed by atoms with Gasteiger partial charge in [0.1, 0.15) is 0 Å². The molecule has 2 aromatic carbocycles. The van der Waals surface area contributed by atoms with Gasteiger partial charge in [-0.2, -0.15) is 0 Å². The summed E-state index contributed by atoms with van der Waals surface area (Å²) in [5.41, 5.74) is 2.12. The van der Waals surface area contributed by atoms with Gasteiger partial charge < -0.3 is 15.0 Å². The first-order valence-electron chi connectivity index (χ1n) is 8.30. The molecule has 0 aliphatic heterocycles. The first kappa shape index (κ1) is 18.5. The van der Waals surface area contributed by atoms with Crippen LogP contribution in [0, 0.1) is 0 Å². The van der Waals surface area contributed by atoms with Gasteiger partial charge in [-0.15, -0.1) is 0 Å². The van der Waals surface area contributed by atoms with E-state index in [2.05, 4.69) is 5.32 Å². The van der Waals surface area contributed by atoms with Crippen LogP contribution < -0.4 is 5.32 Å². The zero-order chi connectivity index (χ0) is 18.2. The van der Waals surface area contributed by atoms with Crippen LogP contribution in [-0.4, -0.2) is 36.5 Å². The molecule has 0 saturated heterocycles. The van der Waals surface area contributed by atoms with E-state index in [1.807, 2.05) is 50.2 Å². The zero-order valence-electron chi connectivity index (χ0n) is 14.9. The number of carbonyl (C=O) groups excluding carboxylic acids is 2. The fourth-order valence-electron chi connectivity index (χ4n) is 2.51. The van der Waals surface area contributed by atoms with Crippen LogP contribution in [-0.2, 0) is 16.1 Å². The van der Waals surface area contributed by atoms with E-state index < -0.39 is 5.97 Å². The molecule has 0 fully saturated rings. The van der Waals surface area contributed by atoms with Gasteiger partial charge in [-0.3, -0.25) is 4.79 Å². The van der Waals surface area contributed by atoms with Gasteiger partial charge in [-0.05, 0) is 31.5 Å². The second-order valence-corrected chi connectivity index (χ2v) is 5.97. The summed E-state index contributed by atoms with van der Waals surface area (Å²) in [6.07, 6.45) is 0. The highest BCUT2D eigenvalue weighted by Crippen LogP contribution is 2.15. The topological polar surface area (TPSA) is 58.6 Å². The number of esters is 1. The molecule has 0 radical (unpaired) electrons. The van der Waals surface area contributed by atoms with Gasteiger partial charge in [-0.1, -0.05) is 42.5 Å². The number of carbonyl (C=O) groups is 2. The molecule has 1 N–H and O–H groups in total. The maximum absolute atomic E-state index is 12.5. The van der Waals surface area contributed by atoms with E-state index in [4.69, 9.17) is 4.74 Å². The van der Waals surface area contributed by atoms with Gasteiger partial charge >= 0.3 is 5.97 Å². The van der Waals surface area contributed by atoms with Crippen molar-refractivity contribution in [2.24, 2.45) is 0 Å². The summed E-state index contributed by atoms with van der Waals surface area (Å²) in [6.45, 7) is 4.10. The first-order valence-corrected chi connectivity index (χ1v) is 8.30. The molecule has 0 unspecified atom stereocenters. The lowest BCUT2D eigenvalue weighted by molar-refractivity contribution is -0.136. The predicted octanol–water partition coefficient (Wildman–Crippen LogP) is 3.32. The number of para-hydroxylation sites is 1. The van der Waals surface area contributed by atoms with Crippen LogP contribution >= 0.6 is 0 Å². The molecule has 1 amide bonds. The summed E-state index contributed by atoms with van der Waals surface area (Å²) >= 11 is 0. The number of ether oxygens (including phenoxy) is 1. The van der Waals surface area contributed by atoms with Crippen molar-refractivity contribution in [1.82, 2.24) is 4.90 Å². The summed E-state index contributed by atoms with van der Waals surface area (Å²) in [5, 5.41) is 2.94. The highest BCUT2D eigenvalue weighted by Gasteiger charge is 2.20. The first-order chi connectivity index (χ1) is 12.0. The van der Waals surface area contributed by atoms with Gasteiger partial charge in [0, 0.05) is 25.3 Å². The molecule has 2 rings (SSSR count). The smallest absolute Gasteiger partial charge is 0.340 e. The normalized spacial score (nSPS) is 10.4. The quantitative estimate of drug-likeness (QED) is 0.786. The number of amides is 1. The lowest BCUT2D eigenvalue weighted by atomic mass is 10.2. The number of benzene rings is 2. The molecular weight excluding hydrogens is 316 g/mol. The van der Waals surface area contributed by atoms with Crippen LogP contribution in [0.5, 0.6) is 0 Å². The fourth-order valence-corrected chi connectivity index (χ4v) is 2.51. The Balaban J connectivity index is 2.00. The number of nitrogens with zero attached hydrogens (tertiary/aromatic N) is 1. The minimum absolute atomic E-state index is 0.0102. The number of rotatable bonds is 7. The van der Waals surface area contributed by atoms with Gasteiger partial charge in [0.15, 0.2) is 6.61 Å². The Morgan fingerprint density at radius 1 is 1.04 bits per heavy atom. The Hall–Kier alpha value is -2.82. The lowest BCUT2D eigenvalue weighted by Crippen LogP contribution is -2.39. The minimum Gasteiger partial charge on any atom is -0.452 e. The molecule has 0 aromatic heterocycles. The lowest BCUT2D eigenvalue weighted by Gasteiger charge is -2.26. The average molecular weight is 340 g/mol. The highest BCUT2D eigenvalue weighted by molar-refractivity contribution is 5.96. The molecule has 0 aliphatic carbocycles. The molecular formula is C20H24N2O3. The van der Waals surface area contributed by atoms with E-state index in [9.17, 15) is 9.59 Å². The Kier molecular flexibility index (Phi) is 6.57. The van der Waals surface area contributed by atoms with Crippen molar-refractivity contribution < 1.29 is 14.3 Å². The van der Waals surface area contributed by atoms with E-state index in [1.165, 1.54) is 0 Å². The van der Waals surface area contributed by atoms with Gasteiger partial charge in [0.2, 0.25) is 0 Å². The summed E-state index contributed by atoms with van der Waals surface area (Å²) in [4.78, 5) is 26.5. The van der Waals surface area contributed by atoms with Crippen LogP contribution in [0.3, 0.4) is 0 Å². The number of anilines is 1. The van der Waals surface area contributed by atoms with Crippen molar-refractivity contribution in [1.29, 1.82) is 0 Å². The van der Waals surface area contributed by atoms with E-state index >= 15 is 0 Å². The molecule has 0 saturated carbocycles. The summed E-state index contributed by atoms with van der Waals surface area (Å²) < 4.78 is 5.23. The summed E-state index contributed by atoms with van der Waals surface area (Å²) in [6, 6.07) is 16.8. The minimum atomic E-state index is -0.512. The SMILES string of the molecule is CNc1ccccc1C(=O)OCC(=O)N(Cc1ccccc1)C(C)C. The standard InChI is InChI=1S/C20H24N2O3/c1-15(2)22(13-16-9-5-4-6-10-16)19(23)14-25-20(24)17-11-7-8-12-18(17)21-3/h4-12,15,21H,13-14H2,1-3H3. The molecule has 132 valence electrons. The molecule has 0 atom stereocenters. The molecule has 5 heteroatoms. The number of nitrogens with one attached hydrogen (secondary N) is 1. The largest absolute Gasteiger partial charge is 0.452 e. The van der Waals surface area contributed by atoms with Gasteiger partial charge in [0.25, 0.3) is 5.91 Å². The third kappa shape index (κ3) is 5.08. The Morgan fingerprint density at radius 3 is 2.32 bits per heavy atom. The average Bonchev–Trinajstić information content (AvgIpc) is 2.64. The Labute approximate surface area is 148 Å². The third-order valence-corrected chi connectivity index (χ3v) is 3.88. The molecule has 0 heterocycles. The van der Waals surface area contributed by atoms with Crippen molar-refractivity contribution >= 4 is 17.6 Å². The van der Waals surface area contributed by atoms with E-state index in [0.717, 1.165) is 5.56 Å². The maximum atomic E-state index is 12.5. The number of hydrogen-bond donors (Lipinski definition) is 1. The molecule has 25 heavy (non-hydrogen) atoms. The Bertz CT molecular complexity index is 714. The van der Waals surface area contributed by atoms with E-state index in [1.54, 1.807) is 30.1 Å². The molecule has 0 bridgehead atoms. The van der Waals surface area contributed by atoms with Gasteiger partial charge in [0.05, 0.1) is 5.56 Å². The van der Waals surface area contributed by atoms with Crippen LogP contribution in [0.2, 0.25) is 0 Å². The second kappa shape index (κ2) is 8.87. The van der Waals surface area contributed by atoms with Crippen molar-refractivity contribution in [3.8, 4) is 0 Å². The van der Waals surface area contributed by atoms with Crippen LogP contribution in [0.15, 0.2) is 54.6 Å². The molecule has 2 aromatic rings. The van der Waals surface area contributed by atoms with Crippen molar-refractivity contribution in [2.45, 2.75) is 26.4 Å². The summed E-state index contributed by atoms with van der Waals surface area (Å²) in [5.74, 6) is -0.726. The van der Waals surface area contributed by atoms with E-state index in [-0.39, 0.29) is 18.6 Å². The number of hydrogen-bond acceptors (Lipinski definition) is 4. The van der Waals surface area contributed by atoms with Crippen molar-refractivity contribution in [2.75, 3.05) is 19.0 Å². The predicted molar refractivity (Wildman–Crippen MR) is 98.4 cm³/mol. The van der Waals surface area contributed by atoms with Crippen molar-refractivity contribution in [3.63, 3.8) is 0 Å². The van der Waals surface area contributed by atoms with Crippen LogP contribution in [0.1, 0.15) is 29.8 Å². The molecule has 5 nitrogen and oxygen atoms in total. The monoisotopic (exact) mass is 340 g/mol. The molecule has 0 aliphatic rings. The second-order valence-electron chi connectivity index (χ2n) is 5.97. The van der Waals surface area contributed by atoms with E-state index in [0.29, 0.717) is 17.8 Å².